The summed E-state index contributed by atoms with van der Waals surface area (Å²) in [4.78, 5) is 0. The highest BCUT2D eigenvalue weighted by Gasteiger charge is 2.22. The summed E-state index contributed by atoms with van der Waals surface area (Å²) in [7, 11) is 0. The molecule has 3 heteroatoms. The summed E-state index contributed by atoms with van der Waals surface area (Å²) in [6, 6.07) is 0. The van der Waals surface area contributed by atoms with Crippen molar-refractivity contribution in [2.75, 3.05) is 6.61 Å². The van der Waals surface area contributed by atoms with Crippen LogP contribution in [0.15, 0.2) is 0 Å². The first-order valence-corrected chi connectivity index (χ1v) is 6.89. The standard InChI is InChI=1S/C12H24Cl2O/c1-3-5-6-7-8-9-10-11-12(13,14)15-4-2/h3-11H2,1-2H3. The lowest BCUT2D eigenvalue weighted by Crippen LogP contribution is -2.17. The number of unbranched alkanes of at least 4 members (excludes halogenated alkanes) is 6. The van der Waals surface area contributed by atoms with Gasteiger partial charge < -0.3 is 4.74 Å². The Morgan fingerprint density at radius 3 is 1.93 bits per heavy atom. The fourth-order valence-corrected chi connectivity index (χ4v) is 2.06. The number of hydrogen-bond donors (Lipinski definition) is 0. The molecule has 1 nitrogen and oxygen atoms in total. The van der Waals surface area contributed by atoms with Gasteiger partial charge in [0.25, 0.3) is 0 Å². The van der Waals surface area contributed by atoms with E-state index in [9.17, 15) is 0 Å². The first-order chi connectivity index (χ1) is 7.12. The van der Waals surface area contributed by atoms with Crippen LogP contribution in [-0.4, -0.2) is 11.1 Å². The van der Waals surface area contributed by atoms with E-state index in [0.717, 1.165) is 12.8 Å². The first kappa shape index (κ1) is 15.5. The van der Waals surface area contributed by atoms with Gasteiger partial charge in [0, 0.05) is 13.0 Å². The molecule has 0 unspecified atom stereocenters. The summed E-state index contributed by atoms with van der Waals surface area (Å²) >= 11 is 11.9. The van der Waals surface area contributed by atoms with Gasteiger partial charge in [-0.1, -0.05) is 68.7 Å². The number of halogens is 2. The minimum Gasteiger partial charge on any atom is -0.347 e. The summed E-state index contributed by atoms with van der Waals surface area (Å²) in [6.45, 7) is 4.71. The van der Waals surface area contributed by atoms with Crippen molar-refractivity contribution >= 4 is 23.2 Å². The molecule has 0 amide bonds. The van der Waals surface area contributed by atoms with E-state index in [-0.39, 0.29) is 0 Å². The second-order valence-corrected chi connectivity index (χ2v) is 5.36. The van der Waals surface area contributed by atoms with Crippen molar-refractivity contribution < 1.29 is 4.74 Å². The van der Waals surface area contributed by atoms with Crippen LogP contribution in [-0.2, 0) is 4.74 Å². The molecule has 0 saturated carbocycles. The Kier molecular flexibility index (Phi) is 10.1. The van der Waals surface area contributed by atoms with Crippen LogP contribution in [0, 0.1) is 0 Å². The quantitative estimate of drug-likeness (QED) is 0.380. The van der Waals surface area contributed by atoms with Crippen LogP contribution >= 0.6 is 23.2 Å². The third-order valence-electron chi connectivity index (χ3n) is 2.43. The molecule has 0 rings (SSSR count). The fraction of sp³-hybridized carbons (Fsp3) is 1.00. The molecule has 0 aromatic heterocycles. The van der Waals surface area contributed by atoms with Crippen LogP contribution in [0.4, 0.5) is 0 Å². The van der Waals surface area contributed by atoms with E-state index in [2.05, 4.69) is 6.92 Å². The monoisotopic (exact) mass is 254 g/mol. The van der Waals surface area contributed by atoms with Crippen LogP contribution < -0.4 is 0 Å². The first-order valence-electron chi connectivity index (χ1n) is 6.14. The van der Waals surface area contributed by atoms with Gasteiger partial charge in [0.15, 0.2) is 0 Å². The van der Waals surface area contributed by atoms with Gasteiger partial charge >= 0.3 is 0 Å². The van der Waals surface area contributed by atoms with Crippen LogP contribution in [0.5, 0.6) is 0 Å². The van der Waals surface area contributed by atoms with Gasteiger partial charge in [-0.2, -0.15) is 0 Å². The van der Waals surface area contributed by atoms with Gasteiger partial charge in [0.2, 0.25) is 4.52 Å². The van der Waals surface area contributed by atoms with Gasteiger partial charge in [-0.05, 0) is 13.3 Å². The average molecular weight is 255 g/mol. The molecule has 0 aromatic carbocycles. The summed E-state index contributed by atoms with van der Waals surface area (Å²) < 4.78 is 4.25. The van der Waals surface area contributed by atoms with Crippen molar-refractivity contribution in [3.63, 3.8) is 0 Å². The fourth-order valence-electron chi connectivity index (χ4n) is 1.57. The lowest BCUT2D eigenvalue weighted by Gasteiger charge is -2.18. The molecule has 0 bridgehead atoms. The lowest BCUT2D eigenvalue weighted by atomic mass is 10.1. The van der Waals surface area contributed by atoms with Gasteiger partial charge in [0.1, 0.15) is 0 Å². The van der Waals surface area contributed by atoms with E-state index < -0.39 is 4.52 Å². The molecule has 0 radical (unpaired) electrons. The van der Waals surface area contributed by atoms with E-state index in [1.807, 2.05) is 6.92 Å². The van der Waals surface area contributed by atoms with Crippen molar-refractivity contribution in [3.8, 4) is 0 Å². The Hall–Kier alpha value is 0.540. The molecule has 0 aliphatic heterocycles. The zero-order valence-electron chi connectivity index (χ0n) is 10.0. The van der Waals surface area contributed by atoms with Gasteiger partial charge in [0.05, 0.1) is 0 Å². The summed E-state index contributed by atoms with van der Waals surface area (Å²) in [5, 5.41) is 0. The number of hydrogen-bond acceptors (Lipinski definition) is 1. The minimum atomic E-state index is -0.960. The van der Waals surface area contributed by atoms with Crippen LogP contribution in [0.2, 0.25) is 0 Å². The zero-order chi connectivity index (χ0) is 11.6. The molecule has 0 fully saturated rings. The van der Waals surface area contributed by atoms with E-state index in [0.29, 0.717) is 6.61 Å². The Morgan fingerprint density at radius 1 is 0.867 bits per heavy atom. The van der Waals surface area contributed by atoms with Gasteiger partial charge in [-0.15, -0.1) is 0 Å². The largest absolute Gasteiger partial charge is 0.347 e. The minimum absolute atomic E-state index is 0.573. The highest BCUT2D eigenvalue weighted by atomic mass is 35.5. The molecule has 0 atom stereocenters. The molecule has 0 aliphatic rings. The summed E-state index contributed by atoms with van der Waals surface area (Å²) in [6.07, 6.45) is 9.63. The van der Waals surface area contributed by atoms with Crippen LogP contribution in [0.25, 0.3) is 0 Å². The van der Waals surface area contributed by atoms with Gasteiger partial charge in [-0.3, -0.25) is 0 Å². The lowest BCUT2D eigenvalue weighted by molar-refractivity contribution is 0.0808. The summed E-state index contributed by atoms with van der Waals surface area (Å²) in [5.74, 6) is 0. The van der Waals surface area contributed by atoms with E-state index in [4.69, 9.17) is 27.9 Å². The van der Waals surface area contributed by atoms with E-state index in [1.54, 1.807) is 0 Å². The Bertz CT molecular complexity index is 138. The molecule has 92 valence electrons. The second-order valence-electron chi connectivity index (χ2n) is 3.94. The van der Waals surface area contributed by atoms with Crippen LogP contribution in [0.1, 0.15) is 65.2 Å². The third-order valence-corrected chi connectivity index (χ3v) is 3.02. The SMILES string of the molecule is CCCCCCCCCC(Cl)(Cl)OCC. The molecular weight excluding hydrogens is 231 g/mol. The summed E-state index contributed by atoms with van der Waals surface area (Å²) in [5.41, 5.74) is 0. The molecule has 0 spiro atoms. The van der Waals surface area contributed by atoms with Crippen molar-refractivity contribution in [2.45, 2.75) is 69.7 Å². The second kappa shape index (κ2) is 9.74. The topological polar surface area (TPSA) is 9.23 Å². The molecular formula is C12H24Cl2O. The highest BCUT2D eigenvalue weighted by molar-refractivity contribution is 6.47. The highest BCUT2D eigenvalue weighted by Crippen LogP contribution is 2.29. The Labute approximate surface area is 104 Å². The van der Waals surface area contributed by atoms with E-state index >= 15 is 0 Å². The maximum atomic E-state index is 5.94. The Balaban J connectivity index is 3.22. The number of alkyl halides is 2. The zero-order valence-corrected chi connectivity index (χ0v) is 11.5. The van der Waals surface area contributed by atoms with Gasteiger partial charge in [-0.25, -0.2) is 0 Å². The predicted molar refractivity (Wildman–Crippen MR) is 68.7 cm³/mol. The van der Waals surface area contributed by atoms with E-state index in [1.165, 1.54) is 38.5 Å². The van der Waals surface area contributed by atoms with Crippen molar-refractivity contribution in [1.82, 2.24) is 0 Å². The van der Waals surface area contributed by atoms with Crippen LogP contribution in [0.3, 0.4) is 0 Å². The molecule has 0 aromatic rings. The van der Waals surface area contributed by atoms with Crippen molar-refractivity contribution in [3.05, 3.63) is 0 Å². The normalized spacial score (nSPS) is 12.0. The number of ether oxygens (including phenoxy) is 1. The van der Waals surface area contributed by atoms with Crippen molar-refractivity contribution in [1.29, 1.82) is 0 Å². The maximum Gasteiger partial charge on any atom is 0.217 e. The van der Waals surface area contributed by atoms with Crippen molar-refractivity contribution in [2.24, 2.45) is 0 Å². The average Bonchev–Trinajstić information content (AvgIpc) is 2.16. The number of rotatable bonds is 10. The molecule has 0 aliphatic carbocycles. The molecule has 0 heterocycles. The third kappa shape index (κ3) is 10.8. The molecule has 0 N–H and O–H groups in total. The Morgan fingerprint density at radius 2 is 1.40 bits per heavy atom. The predicted octanol–water partition coefficient (Wildman–Crippen LogP) is 5.30. The maximum absolute atomic E-state index is 5.94. The molecule has 15 heavy (non-hydrogen) atoms. The smallest absolute Gasteiger partial charge is 0.217 e. The molecule has 0 saturated heterocycles.